The fourth-order valence-electron chi connectivity index (χ4n) is 1.64. The van der Waals surface area contributed by atoms with Gasteiger partial charge in [-0.3, -0.25) is 4.98 Å². The maximum atomic E-state index is 12.5. The van der Waals surface area contributed by atoms with Crippen molar-refractivity contribution in [3.63, 3.8) is 0 Å². The van der Waals surface area contributed by atoms with Gasteiger partial charge in [0.15, 0.2) is 0 Å². The number of hydrogen-bond donors (Lipinski definition) is 0. The molecule has 0 bridgehead atoms. The SMILES string of the molecule is CC(c1ccncc1)N(C)S(=O)(=O)c1ccc(Br)s1. The standard InChI is InChI=1S/C12H13BrN2O2S2/c1-9(10-5-7-14-8-6-10)15(2)19(16,17)12-4-3-11(13)18-12/h3-9H,1-2H3. The molecule has 0 saturated heterocycles. The first kappa shape index (κ1) is 14.6. The molecule has 1 atom stereocenters. The first-order valence-electron chi connectivity index (χ1n) is 5.56. The van der Waals surface area contributed by atoms with Gasteiger partial charge in [0.25, 0.3) is 10.0 Å². The van der Waals surface area contributed by atoms with Gasteiger partial charge < -0.3 is 0 Å². The molecule has 4 nitrogen and oxygen atoms in total. The molecule has 2 aromatic rings. The van der Waals surface area contributed by atoms with Crippen LogP contribution in [0.25, 0.3) is 0 Å². The van der Waals surface area contributed by atoms with Gasteiger partial charge in [0.05, 0.1) is 3.79 Å². The van der Waals surface area contributed by atoms with E-state index in [-0.39, 0.29) is 6.04 Å². The molecule has 0 spiro atoms. The first-order chi connectivity index (χ1) is 8.93. The highest BCUT2D eigenvalue weighted by molar-refractivity contribution is 9.11. The van der Waals surface area contributed by atoms with E-state index in [0.29, 0.717) is 4.21 Å². The summed E-state index contributed by atoms with van der Waals surface area (Å²) in [7, 11) is -1.87. The van der Waals surface area contributed by atoms with Gasteiger partial charge in [-0.2, -0.15) is 4.31 Å². The highest BCUT2D eigenvalue weighted by atomic mass is 79.9. The Hall–Kier alpha value is -0.760. The van der Waals surface area contributed by atoms with Crippen LogP contribution in [0.4, 0.5) is 0 Å². The molecule has 0 radical (unpaired) electrons. The van der Waals surface area contributed by atoms with Gasteiger partial charge in [0.1, 0.15) is 4.21 Å². The van der Waals surface area contributed by atoms with Crippen molar-refractivity contribution in [2.24, 2.45) is 0 Å². The zero-order valence-corrected chi connectivity index (χ0v) is 13.7. The minimum atomic E-state index is -3.46. The maximum Gasteiger partial charge on any atom is 0.252 e. The molecular formula is C12H13BrN2O2S2. The Morgan fingerprint density at radius 2 is 1.89 bits per heavy atom. The molecular weight excluding hydrogens is 348 g/mol. The summed E-state index contributed by atoms with van der Waals surface area (Å²) in [5.41, 5.74) is 0.914. The second-order valence-corrected chi connectivity index (χ2v) is 8.72. The molecule has 0 saturated carbocycles. The summed E-state index contributed by atoms with van der Waals surface area (Å²) in [6, 6.07) is 6.75. The molecule has 0 amide bonds. The minimum absolute atomic E-state index is 0.242. The monoisotopic (exact) mass is 360 g/mol. The predicted molar refractivity (Wildman–Crippen MR) is 79.6 cm³/mol. The van der Waals surface area contributed by atoms with Crippen molar-refractivity contribution >= 4 is 37.3 Å². The molecule has 0 aromatic carbocycles. The van der Waals surface area contributed by atoms with Gasteiger partial charge in [-0.25, -0.2) is 8.42 Å². The average Bonchev–Trinajstić information content (AvgIpc) is 2.85. The van der Waals surface area contributed by atoms with Gasteiger partial charge in [0, 0.05) is 25.5 Å². The predicted octanol–water partition coefficient (Wildman–Crippen LogP) is 3.29. The quantitative estimate of drug-likeness (QED) is 0.840. The van der Waals surface area contributed by atoms with E-state index in [0.717, 1.165) is 9.35 Å². The summed E-state index contributed by atoms with van der Waals surface area (Å²) >= 11 is 4.49. The van der Waals surface area contributed by atoms with Crippen molar-refractivity contribution in [1.82, 2.24) is 9.29 Å². The number of pyridine rings is 1. The molecule has 2 rings (SSSR count). The highest BCUT2D eigenvalue weighted by Gasteiger charge is 2.27. The normalized spacial score (nSPS) is 13.7. The van der Waals surface area contributed by atoms with Gasteiger partial charge in [-0.15, -0.1) is 11.3 Å². The smallest absolute Gasteiger partial charge is 0.252 e. The summed E-state index contributed by atoms with van der Waals surface area (Å²) in [5, 5.41) is 0. The van der Waals surface area contributed by atoms with E-state index in [1.54, 1.807) is 31.6 Å². The minimum Gasteiger partial charge on any atom is -0.265 e. The Morgan fingerprint density at radius 3 is 2.42 bits per heavy atom. The Bertz CT molecular complexity index is 655. The summed E-state index contributed by atoms with van der Waals surface area (Å²) in [6.45, 7) is 1.86. The van der Waals surface area contributed by atoms with Crippen molar-refractivity contribution in [1.29, 1.82) is 0 Å². The molecule has 0 aliphatic heterocycles. The topological polar surface area (TPSA) is 50.3 Å². The zero-order valence-electron chi connectivity index (χ0n) is 10.4. The first-order valence-corrected chi connectivity index (χ1v) is 8.61. The number of thiophene rings is 1. The fourth-order valence-corrected chi connectivity index (χ4v) is 5.18. The largest absolute Gasteiger partial charge is 0.265 e. The fraction of sp³-hybridized carbons (Fsp3) is 0.250. The van der Waals surface area contributed by atoms with Crippen molar-refractivity contribution in [2.75, 3.05) is 7.05 Å². The van der Waals surface area contributed by atoms with Crippen molar-refractivity contribution < 1.29 is 8.42 Å². The molecule has 0 aliphatic carbocycles. The number of halogens is 1. The molecule has 1 unspecified atom stereocenters. The molecule has 2 heterocycles. The van der Waals surface area contributed by atoms with E-state index in [1.165, 1.54) is 15.6 Å². The Morgan fingerprint density at radius 1 is 1.26 bits per heavy atom. The van der Waals surface area contributed by atoms with Crippen LogP contribution < -0.4 is 0 Å². The van der Waals surface area contributed by atoms with E-state index >= 15 is 0 Å². The van der Waals surface area contributed by atoms with Crippen LogP contribution in [0.3, 0.4) is 0 Å². The van der Waals surface area contributed by atoms with E-state index in [9.17, 15) is 8.42 Å². The van der Waals surface area contributed by atoms with Crippen molar-refractivity contribution in [3.05, 3.63) is 46.0 Å². The van der Waals surface area contributed by atoms with Gasteiger partial charge >= 0.3 is 0 Å². The number of rotatable bonds is 4. The highest BCUT2D eigenvalue weighted by Crippen LogP contribution is 2.31. The third-order valence-corrected chi connectivity index (χ3v) is 6.94. The third kappa shape index (κ3) is 3.05. The van der Waals surface area contributed by atoms with Gasteiger partial charge in [-0.05, 0) is 52.7 Å². The van der Waals surface area contributed by atoms with Crippen LogP contribution in [0, 0.1) is 0 Å². The molecule has 0 N–H and O–H groups in total. The Labute approximate surface area is 125 Å². The van der Waals surface area contributed by atoms with E-state index < -0.39 is 10.0 Å². The van der Waals surface area contributed by atoms with E-state index in [1.807, 2.05) is 19.1 Å². The van der Waals surface area contributed by atoms with Crippen LogP contribution >= 0.6 is 27.3 Å². The molecule has 7 heteroatoms. The van der Waals surface area contributed by atoms with Gasteiger partial charge in [0.2, 0.25) is 0 Å². The lowest BCUT2D eigenvalue weighted by Gasteiger charge is -2.23. The Kier molecular flexibility index (Phi) is 4.39. The van der Waals surface area contributed by atoms with Crippen LogP contribution in [-0.4, -0.2) is 24.8 Å². The van der Waals surface area contributed by atoms with E-state index in [2.05, 4.69) is 20.9 Å². The summed E-state index contributed by atoms with van der Waals surface area (Å²) in [4.78, 5) is 3.94. The van der Waals surface area contributed by atoms with Crippen LogP contribution in [0.15, 0.2) is 44.7 Å². The Balaban J connectivity index is 2.31. The second-order valence-electron chi connectivity index (χ2n) is 4.04. The van der Waals surface area contributed by atoms with Gasteiger partial charge in [-0.1, -0.05) is 0 Å². The lowest BCUT2D eigenvalue weighted by atomic mass is 10.1. The number of aromatic nitrogens is 1. The molecule has 19 heavy (non-hydrogen) atoms. The summed E-state index contributed by atoms with van der Waals surface area (Å²) in [6.07, 6.45) is 3.32. The molecule has 2 aromatic heterocycles. The average molecular weight is 361 g/mol. The third-order valence-electron chi connectivity index (χ3n) is 2.92. The number of nitrogens with zero attached hydrogens (tertiary/aromatic N) is 2. The van der Waals surface area contributed by atoms with E-state index in [4.69, 9.17) is 0 Å². The lowest BCUT2D eigenvalue weighted by molar-refractivity contribution is 0.399. The molecule has 102 valence electrons. The van der Waals surface area contributed by atoms with Crippen LogP contribution in [-0.2, 0) is 10.0 Å². The molecule has 0 aliphatic rings. The summed E-state index contributed by atoms with van der Waals surface area (Å²) in [5.74, 6) is 0. The van der Waals surface area contributed by atoms with Crippen molar-refractivity contribution in [2.45, 2.75) is 17.2 Å². The second kappa shape index (κ2) is 5.70. The summed E-state index contributed by atoms with van der Waals surface area (Å²) < 4.78 is 27.4. The van der Waals surface area contributed by atoms with Crippen LogP contribution in [0.1, 0.15) is 18.5 Å². The number of sulfonamides is 1. The molecule has 0 fully saturated rings. The van der Waals surface area contributed by atoms with Crippen molar-refractivity contribution in [3.8, 4) is 0 Å². The lowest BCUT2D eigenvalue weighted by Crippen LogP contribution is -2.29. The number of hydrogen-bond acceptors (Lipinski definition) is 4. The zero-order chi connectivity index (χ0) is 14.0. The van der Waals surface area contributed by atoms with Crippen LogP contribution in [0.5, 0.6) is 0 Å². The maximum absolute atomic E-state index is 12.5. The van der Waals surface area contributed by atoms with Crippen LogP contribution in [0.2, 0.25) is 0 Å².